The molecule has 1 fully saturated rings. The molecule has 1 saturated heterocycles. The van der Waals surface area contributed by atoms with E-state index in [9.17, 15) is 4.79 Å². The first-order valence-corrected chi connectivity index (χ1v) is 8.09. The summed E-state index contributed by atoms with van der Waals surface area (Å²) in [5, 5.41) is 3.00. The first-order valence-electron chi connectivity index (χ1n) is 8.09. The summed E-state index contributed by atoms with van der Waals surface area (Å²) < 4.78 is 0. The highest BCUT2D eigenvalue weighted by Gasteiger charge is 2.25. The molecule has 23 heavy (non-hydrogen) atoms. The molecule has 120 valence electrons. The third-order valence-electron chi connectivity index (χ3n) is 4.41. The van der Waals surface area contributed by atoms with Crippen LogP contribution in [-0.2, 0) is 0 Å². The summed E-state index contributed by atoms with van der Waals surface area (Å²) in [7, 11) is 0. The highest BCUT2D eigenvalue weighted by molar-refractivity contribution is 5.90. The number of rotatable bonds is 3. The molecule has 0 unspecified atom stereocenters. The Labute approximate surface area is 137 Å². The van der Waals surface area contributed by atoms with Crippen molar-refractivity contribution in [2.45, 2.75) is 13.3 Å². The van der Waals surface area contributed by atoms with Gasteiger partial charge >= 0.3 is 6.03 Å². The second-order valence-electron chi connectivity index (χ2n) is 6.21. The van der Waals surface area contributed by atoms with Crippen molar-refractivity contribution in [1.82, 2.24) is 4.90 Å². The second kappa shape index (κ2) is 6.84. The predicted molar refractivity (Wildman–Crippen MR) is 94.4 cm³/mol. The summed E-state index contributed by atoms with van der Waals surface area (Å²) in [6, 6.07) is 16.3. The van der Waals surface area contributed by atoms with Gasteiger partial charge in [0.1, 0.15) is 0 Å². The summed E-state index contributed by atoms with van der Waals surface area (Å²) in [5.74, 6) is 0.430. The number of nitrogens with two attached hydrogens (primary N) is 1. The number of urea groups is 1. The number of nitrogens with zero attached hydrogens (tertiary/aromatic N) is 1. The monoisotopic (exact) mass is 309 g/mol. The van der Waals surface area contributed by atoms with Crippen LogP contribution in [0.5, 0.6) is 0 Å². The molecule has 0 radical (unpaired) electrons. The van der Waals surface area contributed by atoms with E-state index in [0.717, 1.165) is 36.3 Å². The predicted octanol–water partition coefficient (Wildman–Crippen LogP) is 3.47. The summed E-state index contributed by atoms with van der Waals surface area (Å²) in [5.41, 5.74) is 10.00. The highest BCUT2D eigenvalue weighted by Crippen LogP contribution is 2.24. The zero-order chi connectivity index (χ0) is 16.2. The number of anilines is 1. The molecule has 1 aliphatic rings. The molecule has 0 spiro atoms. The molecular weight excluding hydrogens is 286 g/mol. The maximum Gasteiger partial charge on any atom is 0.321 e. The Morgan fingerprint density at radius 2 is 2.00 bits per heavy atom. The summed E-state index contributed by atoms with van der Waals surface area (Å²) in [6.07, 6.45) is 0.993. The van der Waals surface area contributed by atoms with Crippen molar-refractivity contribution < 1.29 is 4.79 Å². The van der Waals surface area contributed by atoms with Crippen LogP contribution in [0.4, 0.5) is 10.5 Å². The topological polar surface area (TPSA) is 58.4 Å². The van der Waals surface area contributed by atoms with Gasteiger partial charge in [0.2, 0.25) is 0 Å². The molecule has 1 aliphatic heterocycles. The van der Waals surface area contributed by atoms with Gasteiger partial charge in [-0.05, 0) is 49.1 Å². The third-order valence-corrected chi connectivity index (χ3v) is 4.41. The van der Waals surface area contributed by atoms with Crippen molar-refractivity contribution in [3.63, 3.8) is 0 Å². The Bertz CT molecular complexity index is 681. The van der Waals surface area contributed by atoms with Crippen molar-refractivity contribution in [3.8, 4) is 11.1 Å². The normalized spacial score (nSPS) is 17.3. The maximum absolute atomic E-state index is 12.3. The number of aryl methyl sites for hydroxylation is 1. The van der Waals surface area contributed by atoms with Gasteiger partial charge in [-0.3, -0.25) is 0 Å². The van der Waals surface area contributed by atoms with Gasteiger partial charge in [-0.15, -0.1) is 0 Å². The fraction of sp³-hybridized carbons (Fsp3) is 0.316. The number of hydrogen-bond acceptors (Lipinski definition) is 2. The van der Waals surface area contributed by atoms with Crippen LogP contribution in [0.25, 0.3) is 11.1 Å². The van der Waals surface area contributed by atoms with Crippen LogP contribution >= 0.6 is 0 Å². The van der Waals surface area contributed by atoms with Crippen molar-refractivity contribution in [1.29, 1.82) is 0 Å². The molecule has 0 saturated carbocycles. The largest absolute Gasteiger partial charge is 0.330 e. The van der Waals surface area contributed by atoms with E-state index in [1.165, 1.54) is 5.56 Å². The number of likely N-dealkylation sites (tertiary alicyclic amines) is 1. The van der Waals surface area contributed by atoms with E-state index in [2.05, 4.69) is 42.6 Å². The number of nitrogens with one attached hydrogen (secondary N) is 1. The molecule has 1 atom stereocenters. The lowest BCUT2D eigenvalue weighted by molar-refractivity contribution is 0.221. The Kier molecular flexibility index (Phi) is 4.63. The Balaban J connectivity index is 1.70. The zero-order valence-corrected chi connectivity index (χ0v) is 13.5. The first kappa shape index (κ1) is 15.6. The number of benzene rings is 2. The molecule has 2 aromatic rings. The van der Waals surface area contributed by atoms with E-state index in [1.807, 2.05) is 23.1 Å². The van der Waals surface area contributed by atoms with Gasteiger partial charge in [0, 0.05) is 18.8 Å². The molecule has 1 heterocycles. The fourth-order valence-corrected chi connectivity index (χ4v) is 2.93. The number of carbonyl (C=O) groups excluding carboxylic acids is 1. The average molecular weight is 309 g/mol. The lowest BCUT2D eigenvalue weighted by atomic mass is 10.0. The summed E-state index contributed by atoms with van der Waals surface area (Å²) in [4.78, 5) is 14.2. The Morgan fingerprint density at radius 1 is 1.22 bits per heavy atom. The lowest BCUT2D eigenvalue weighted by Crippen LogP contribution is -2.33. The van der Waals surface area contributed by atoms with Crippen molar-refractivity contribution in [2.75, 3.05) is 25.0 Å². The lowest BCUT2D eigenvalue weighted by Gasteiger charge is -2.17. The van der Waals surface area contributed by atoms with E-state index in [0.29, 0.717) is 12.5 Å². The highest BCUT2D eigenvalue weighted by atomic mass is 16.2. The van der Waals surface area contributed by atoms with Gasteiger partial charge < -0.3 is 16.0 Å². The van der Waals surface area contributed by atoms with E-state index in [-0.39, 0.29) is 6.03 Å². The van der Waals surface area contributed by atoms with Gasteiger partial charge in [0.15, 0.2) is 0 Å². The Morgan fingerprint density at radius 3 is 2.70 bits per heavy atom. The molecule has 0 bridgehead atoms. The van der Waals surface area contributed by atoms with Crippen LogP contribution in [0.3, 0.4) is 0 Å². The third kappa shape index (κ3) is 3.71. The molecule has 2 amide bonds. The van der Waals surface area contributed by atoms with Crippen LogP contribution in [0.15, 0.2) is 48.5 Å². The average Bonchev–Trinajstić information content (AvgIpc) is 3.05. The van der Waals surface area contributed by atoms with Gasteiger partial charge in [0.25, 0.3) is 0 Å². The first-order chi connectivity index (χ1) is 11.2. The zero-order valence-electron chi connectivity index (χ0n) is 13.5. The number of carbonyl (C=O) groups is 1. The van der Waals surface area contributed by atoms with Gasteiger partial charge in [-0.1, -0.05) is 42.0 Å². The van der Waals surface area contributed by atoms with Crippen LogP contribution in [-0.4, -0.2) is 30.6 Å². The molecule has 3 rings (SSSR count). The maximum atomic E-state index is 12.3. The minimum absolute atomic E-state index is 0.0398. The molecular formula is C19H23N3O. The summed E-state index contributed by atoms with van der Waals surface area (Å²) in [6.45, 7) is 4.25. The van der Waals surface area contributed by atoms with Crippen molar-refractivity contribution >= 4 is 11.7 Å². The molecule has 4 heteroatoms. The minimum Gasteiger partial charge on any atom is -0.330 e. The fourth-order valence-electron chi connectivity index (χ4n) is 2.93. The molecule has 2 aromatic carbocycles. The summed E-state index contributed by atoms with van der Waals surface area (Å²) >= 11 is 0. The second-order valence-corrected chi connectivity index (χ2v) is 6.21. The Hall–Kier alpha value is -2.33. The van der Waals surface area contributed by atoms with Crippen LogP contribution < -0.4 is 11.1 Å². The van der Waals surface area contributed by atoms with Gasteiger partial charge in [0.05, 0.1) is 0 Å². The van der Waals surface area contributed by atoms with E-state index >= 15 is 0 Å². The van der Waals surface area contributed by atoms with Crippen molar-refractivity contribution in [2.24, 2.45) is 11.7 Å². The van der Waals surface area contributed by atoms with Gasteiger partial charge in [-0.25, -0.2) is 4.79 Å². The SMILES string of the molecule is Cc1ccc(-c2cccc(NC(=O)N3CC[C@H](CN)C3)c2)cc1. The standard InChI is InChI=1S/C19H23N3O/c1-14-5-7-16(8-6-14)17-3-2-4-18(11-17)21-19(23)22-10-9-15(12-20)13-22/h2-8,11,15H,9-10,12-13,20H2,1H3,(H,21,23)/t15-/m1/s1. The molecule has 3 N–H and O–H groups in total. The van der Waals surface area contributed by atoms with Crippen molar-refractivity contribution in [3.05, 3.63) is 54.1 Å². The number of amides is 2. The molecule has 0 aliphatic carbocycles. The molecule has 0 aromatic heterocycles. The number of hydrogen-bond donors (Lipinski definition) is 2. The molecule has 4 nitrogen and oxygen atoms in total. The minimum atomic E-state index is -0.0398. The smallest absolute Gasteiger partial charge is 0.321 e. The van der Waals surface area contributed by atoms with Gasteiger partial charge in [-0.2, -0.15) is 0 Å². The van der Waals surface area contributed by atoms with E-state index in [1.54, 1.807) is 0 Å². The quantitative estimate of drug-likeness (QED) is 0.912. The van der Waals surface area contributed by atoms with Crippen LogP contribution in [0, 0.1) is 12.8 Å². The van der Waals surface area contributed by atoms with E-state index in [4.69, 9.17) is 5.73 Å². The van der Waals surface area contributed by atoms with Crippen LogP contribution in [0.2, 0.25) is 0 Å². The van der Waals surface area contributed by atoms with E-state index < -0.39 is 0 Å². The van der Waals surface area contributed by atoms with Crippen LogP contribution in [0.1, 0.15) is 12.0 Å².